The normalized spacial score (nSPS) is 9.53. The van der Waals surface area contributed by atoms with Crippen LogP contribution in [0.4, 0.5) is 9.18 Å². The summed E-state index contributed by atoms with van der Waals surface area (Å²) < 4.78 is 17.5. The number of halogens is 1. The van der Waals surface area contributed by atoms with E-state index >= 15 is 0 Å². The quantitative estimate of drug-likeness (QED) is 0.818. The molecule has 0 atom stereocenters. The van der Waals surface area contributed by atoms with Gasteiger partial charge in [-0.1, -0.05) is 18.2 Å². The predicted molar refractivity (Wildman–Crippen MR) is 58.7 cm³/mol. The Morgan fingerprint density at radius 2 is 2.00 bits per heavy atom. The first-order valence-electron chi connectivity index (χ1n) is 4.95. The fourth-order valence-electron chi connectivity index (χ4n) is 1.12. The van der Waals surface area contributed by atoms with E-state index in [1.807, 2.05) is 0 Å². The summed E-state index contributed by atoms with van der Waals surface area (Å²) in [5, 5.41) is 4.69. The Morgan fingerprint density at radius 1 is 1.29 bits per heavy atom. The monoisotopic (exact) mass is 240 g/mol. The number of hydrogen-bond acceptors (Lipinski definition) is 3. The summed E-state index contributed by atoms with van der Waals surface area (Å²) >= 11 is 0. The number of carbonyl (C=O) groups excluding carboxylic acids is 2. The molecule has 17 heavy (non-hydrogen) atoms. The predicted octanol–water partition coefficient (Wildman–Crippen LogP) is 0.798. The zero-order chi connectivity index (χ0) is 12.7. The molecule has 2 N–H and O–H groups in total. The molecule has 0 aromatic heterocycles. The number of alkyl carbamates (subject to hydrolysis) is 1. The van der Waals surface area contributed by atoms with Crippen LogP contribution in [-0.4, -0.2) is 25.7 Å². The minimum atomic E-state index is -0.689. The molecular weight excluding hydrogens is 227 g/mol. The maximum absolute atomic E-state index is 13.2. The number of carbonyl (C=O) groups is 2. The second-order valence-electron chi connectivity index (χ2n) is 3.21. The van der Waals surface area contributed by atoms with Crippen LogP contribution >= 0.6 is 0 Å². The number of methoxy groups -OCH3 is 1. The van der Waals surface area contributed by atoms with Crippen LogP contribution < -0.4 is 10.6 Å². The number of hydrogen-bond donors (Lipinski definition) is 2. The first-order valence-corrected chi connectivity index (χ1v) is 4.95. The lowest BCUT2D eigenvalue weighted by atomic mass is 10.2. The zero-order valence-electron chi connectivity index (χ0n) is 9.33. The topological polar surface area (TPSA) is 67.4 Å². The van der Waals surface area contributed by atoms with Gasteiger partial charge in [-0.05, 0) is 6.07 Å². The van der Waals surface area contributed by atoms with E-state index in [4.69, 9.17) is 0 Å². The third-order valence-electron chi connectivity index (χ3n) is 2.01. The molecule has 0 aliphatic carbocycles. The van der Waals surface area contributed by atoms with Gasteiger partial charge in [0.25, 0.3) is 0 Å². The molecule has 0 aliphatic heterocycles. The van der Waals surface area contributed by atoms with E-state index in [1.165, 1.54) is 13.2 Å². The van der Waals surface area contributed by atoms with E-state index in [-0.39, 0.29) is 18.9 Å². The third-order valence-corrected chi connectivity index (χ3v) is 2.01. The van der Waals surface area contributed by atoms with Crippen LogP contribution in [-0.2, 0) is 16.1 Å². The Balaban J connectivity index is 2.34. The second-order valence-corrected chi connectivity index (χ2v) is 3.21. The van der Waals surface area contributed by atoms with Crippen molar-refractivity contribution in [1.29, 1.82) is 0 Å². The Kier molecular flexibility index (Phi) is 4.93. The molecule has 0 saturated heterocycles. The van der Waals surface area contributed by atoms with Crippen molar-refractivity contribution in [2.75, 3.05) is 13.7 Å². The standard InChI is InChI=1S/C11H13FN2O3/c1-17-11(16)14-7-10(15)13-6-8-4-2-3-5-9(8)12/h2-5H,6-7H2,1H3,(H,13,15)(H,14,16). The van der Waals surface area contributed by atoms with Gasteiger partial charge in [-0.2, -0.15) is 0 Å². The van der Waals surface area contributed by atoms with Crippen LogP contribution in [0.25, 0.3) is 0 Å². The number of benzene rings is 1. The Morgan fingerprint density at radius 3 is 2.65 bits per heavy atom. The third kappa shape index (κ3) is 4.50. The first-order chi connectivity index (χ1) is 8.13. The molecule has 0 bridgehead atoms. The van der Waals surface area contributed by atoms with Crippen molar-refractivity contribution in [3.05, 3.63) is 35.6 Å². The Labute approximate surface area is 98.0 Å². The molecule has 1 aromatic carbocycles. The van der Waals surface area contributed by atoms with Gasteiger partial charge < -0.3 is 15.4 Å². The molecule has 2 amide bonds. The summed E-state index contributed by atoms with van der Waals surface area (Å²) in [6.07, 6.45) is -0.689. The lowest BCUT2D eigenvalue weighted by molar-refractivity contribution is -0.120. The Hall–Kier alpha value is -2.11. The van der Waals surface area contributed by atoms with E-state index < -0.39 is 12.0 Å². The van der Waals surface area contributed by atoms with Gasteiger partial charge in [0, 0.05) is 12.1 Å². The largest absolute Gasteiger partial charge is 0.453 e. The lowest BCUT2D eigenvalue weighted by Gasteiger charge is -2.06. The van der Waals surface area contributed by atoms with Crippen molar-refractivity contribution in [3.63, 3.8) is 0 Å². The summed E-state index contributed by atoms with van der Waals surface area (Å²) in [6.45, 7) is -0.129. The highest BCUT2D eigenvalue weighted by molar-refractivity contribution is 5.81. The van der Waals surface area contributed by atoms with Crippen molar-refractivity contribution >= 4 is 12.0 Å². The highest BCUT2D eigenvalue weighted by atomic mass is 19.1. The van der Waals surface area contributed by atoms with Gasteiger partial charge >= 0.3 is 6.09 Å². The van der Waals surface area contributed by atoms with Crippen LogP contribution in [0.2, 0.25) is 0 Å². The molecule has 1 aromatic rings. The van der Waals surface area contributed by atoms with Gasteiger partial charge in [0.2, 0.25) is 5.91 Å². The van der Waals surface area contributed by atoms with E-state index in [1.54, 1.807) is 18.2 Å². The van der Waals surface area contributed by atoms with E-state index in [9.17, 15) is 14.0 Å². The molecule has 6 heteroatoms. The lowest BCUT2D eigenvalue weighted by Crippen LogP contribution is -2.36. The van der Waals surface area contributed by atoms with Crippen LogP contribution in [0.5, 0.6) is 0 Å². The van der Waals surface area contributed by atoms with E-state index in [0.29, 0.717) is 5.56 Å². The second kappa shape index (κ2) is 6.47. The average Bonchev–Trinajstić information content (AvgIpc) is 2.35. The summed E-state index contributed by atoms with van der Waals surface area (Å²) in [7, 11) is 1.20. The molecular formula is C11H13FN2O3. The molecule has 0 radical (unpaired) electrons. The van der Waals surface area contributed by atoms with Crippen molar-refractivity contribution in [1.82, 2.24) is 10.6 Å². The average molecular weight is 240 g/mol. The van der Waals surface area contributed by atoms with Crippen LogP contribution in [0.1, 0.15) is 5.56 Å². The highest BCUT2D eigenvalue weighted by Crippen LogP contribution is 2.04. The minimum absolute atomic E-state index is 0.0777. The van der Waals surface area contributed by atoms with Crippen molar-refractivity contribution in [3.8, 4) is 0 Å². The van der Waals surface area contributed by atoms with Crippen molar-refractivity contribution < 1.29 is 18.7 Å². The van der Waals surface area contributed by atoms with Crippen molar-refractivity contribution in [2.45, 2.75) is 6.54 Å². The fraction of sp³-hybridized carbons (Fsp3) is 0.273. The SMILES string of the molecule is COC(=O)NCC(=O)NCc1ccccc1F. The summed E-state index contributed by atoms with van der Waals surface area (Å²) in [6, 6.07) is 6.13. The van der Waals surface area contributed by atoms with E-state index in [2.05, 4.69) is 15.4 Å². The van der Waals surface area contributed by atoms with Gasteiger partial charge in [0.1, 0.15) is 12.4 Å². The summed E-state index contributed by atoms with van der Waals surface area (Å²) in [4.78, 5) is 21.9. The molecule has 0 aliphatic rings. The van der Waals surface area contributed by atoms with Gasteiger partial charge in [-0.25, -0.2) is 9.18 Å². The first kappa shape index (κ1) is 13.0. The van der Waals surface area contributed by atoms with Crippen LogP contribution in [0.15, 0.2) is 24.3 Å². The van der Waals surface area contributed by atoms with Gasteiger partial charge in [0.15, 0.2) is 0 Å². The number of amides is 2. The highest BCUT2D eigenvalue weighted by Gasteiger charge is 2.06. The maximum atomic E-state index is 13.2. The van der Waals surface area contributed by atoms with Crippen molar-refractivity contribution in [2.24, 2.45) is 0 Å². The molecule has 0 fully saturated rings. The molecule has 1 rings (SSSR count). The number of rotatable bonds is 4. The van der Waals surface area contributed by atoms with Gasteiger partial charge in [-0.15, -0.1) is 0 Å². The van der Waals surface area contributed by atoms with Gasteiger partial charge in [0.05, 0.1) is 7.11 Å². The summed E-state index contributed by atoms with van der Waals surface area (Å²) in [5.74, 6) is -0.799. The number of ether oxygens (including phenoxy) is 1. The zero-order valence-corrected chi connectivity index (χ0v) is 9.33. The molecule has 0 saturated carbocycles. The smallest absolute Gasteiger partial charge is 0.407 e. The minimum Gasteiger partial charge on any atom is -0.453 e. The number of nitrogens with one attached hydrogen (secondary N) is 2. The van der Waals surface area contributed by atoms with Crippen LogP contribution in [0.3, 0.4) is 0 Å². The summed E-state index contributed by atoms with van der Waals surface area (Å²) in [5.41, 5.74) is 0.388. The van der Waals surface area contributed by atoms with E-state index in [0.717, 1.165) is 0 Å². The van der Waals surface area contributed by atoms with Crippen LogP contribution in [0, 0.1) is 5.82 Å². The fourth-order valence-corrected chi connectivity index (χ4v) is 1.12. The molecule has 5 nitrogen and oxygen atoms in total. The molecule has 92 valence electrons. The molecule has 0 unspecified atom stereocenters. The Bertz CT molecular complexity index is 409. The molecule has 0 heterocycles. The van der Waals surface area contributed by atoms with Gasteiger partial charge in [-0.3, -0.25) is 4.79 Å². The maximum Gasteiger partial charge on any atom is 0.407 e. The molecule has 0 spiro atoms.